The first-order chi connectivity index (χ1) is 13.4. The quantitative estimate of drug-likeness (QED) is 0.609. The number of benzene rings is 2. The Morgan fingerprint density at radius 3 is 2.21 bits per heavy atom. The standard InChI is InChI=1S/C21H24FN3O3/c1-14(26)24-19(13-16-9-5-6-10-17(16)22)21(28)25-18(20(23)27)12-11-15-7-3-2-4-8-15/h2-10,18-19H,11-13H2,1H3,(H2,23,27)(H,24,26)(H,25,28)/t18-,19-/m0/s1. The van der Waals surface area contributed by atoms with E-state index < -0.39 is 35.6 Å². The van der Waals surface area contributed by atoms with E-state index in [0.29, 0.717) is 12.8 Å². The number of nitrogens with two attached hydrogens (primary N) is 1. The van der Waals surface area contributed by atoms with Crippen molar-refractivity contribution in [1.29, 1.82) is 0 Å². The average molecular weight is 385 g/mol. The second-order valence-corrected chi connectivity index (χ2v) is 6.54. The molecule has 0 spiro atoms. The first-order valence-corrected chi connectivity index (χ1v) is 9.01. The van der Waals surface area contributed by atoms with E-state index in [9.17, 15) is 18.8 Å². The zero-order chi connectivity index (χ0) is 20.5. The van der Waals surface area contributed by atoms with Crippen molar-refractivity contribution in [3.8, 4) is 0 Å². The molecule has 2 aromatic rings. The van der Waals surface area contributed by atoms with Crippen molar-refractivity contribution in [2.24, 2.45) is 5.73 Å². The molecule has 0 aliphatic rings. The molecular weight excluding hydrogens is 361 g/mol. The van der Waals surface area contributed by atoms with E-state index in [-0.39, 0.29) is 12.0 Å². The molecule has 0 aliphatic carbocycles. The number of carbonyl (C=O) groups is 3. The number of halogens is 1. The number of hydrogen-bond donors (Lipinski definition) is 3. The van der Waals surface area contributed by atoms with Crippen LogP contribution in [0.25, 0.3) is 0 Å². The van der Waals surface area contributed by atoms with Gasteiger partial charge in [-0.3, -0.25) is 14.4 Å². The molecule has 2 aromatic carbocycles. The van der Waals surface area contributed by atoms with E-state index in [0.717, 1.165) is 5.56 Å². The number of primary amides is 1. The molecule has 0 bridgehead atoms. The number of rotatable bonds is 9. The van der Waals surface area contributed by atoms with Gasteiger partial charge in [-0.25, -0.2) is 4.39 Å². The Morgan fingerprint density at radius 1 is 0.964 bits per heavy atom. The summed E-state index contributed by atoms with van der Waals surface area (Å²) in [6, 6.07) is 13.6. The highest BCUT2D eigenvalue weighted by atomic mass is 19.1. The van der Waals surface area contributed by atoms with Crippen LogP contribution in [0.1, 0.15) is 24.5 Å². The van der Waals surface area contributed by atoms with E-state index in [1.54, 1.807) is 18.2 Å². The highest BCUT2D eigenvalue weighted by Crippen LogP contribution is 2.10. The van der Waals surface area contributed by atoms with Gasteiger partial charge in [-0.1, -0.05) is 48.5 Å². The fourth-order valence-electron chi connectivity index (χ4n) is 2.85. The summed E-state index contributed by atoms with van der Waals surface area (Å²) in [5.41, 5.74) is 6.72. The number of carbonyl (C=O) groups excluding carboxylic acids is 3. The SMILES string of the molecule is CC(=O)N[C@@H](Cc1ccccc1F)C(=O)N[C@@H](CCc1ccccc1)C(N)=O. The number of amides is 3. The normalized spacial score (nSPS) is 12.6. The predicted molar refractivity (Wildman–Crippen MR) is 104 cm³/mol. The zero-order valence-corrected chi connectivity index (χ0v) is 15.7. The van der Waals surface area contributed by atoms with Crippen LogP contribution in [0.5, 0.6) is 0 Å². The van der Waals surface area contributed by atoms with Crippen molar-refractivity contribution in [1.82, 2.24) is 10.6 Å². The minimum atomic E-state index is -1.02. The van der Waals surface area contributed by atoms with Crippen molar-refractivity contribution >= 4 is 17.7 Å². The van der Waals surface area contributed by atoms with Gasteiger partial charge in [0.15, 0.2) is 0 Å². The Morgan fingerprint density at radius 2 is 1.61 bits per heavy atom. The Kier molecular flexibility index (Phi) is 7.68. The lowest BCUT2D eigenvalue weighted by Crippen LogP contribution is -2.53. The van der Waals surface area contributed by atoms with Crippen molar-refractivity contribution in [2.75, 3.05) is 0 Å². The monoisotopic (exact) mass is 385 g/mol. The molecule has 6 nitrogen and oxygen atoms in total. The fraction of sp³-hybridized carbons (Fsp3) is 0.286. The third-order valence-electron chi connectivity index (χ3n) is 4.30. The minimum absolute atomic E-state index is 0.0394. The smallest absolute Gasteiger partial charge is 0.243 e. The van der Waals surface area contributed by atoms with Crippen LogP contribution >= 0.6 is 0 Å². The van der Waals surface area contributed by atoms with E-state index in [2.05, 4.69) is 10.6 Å². The molecule has 2 atom stereocenters. The summed E-state index contributed by atoms with van der Waals surface area (Å²) in [6.07, 6.45) is 0.826. The van der Waals surface area contributed by atoms with Gasteiger partial charge in [0, 0.05) is 13.3 Å². The summed E-state index contributed by atoms with van der Waals surface area (Å²) >= 11 is 0. The van der Waals surface area contributed by atoms with Gasteiger partial charge in [-0.2, -0.15) is 0 Å². The first-order valence-electron chi connectivity index (χ1n) is 9.01. The van der Waals surface area contributed by atoms with Crippen LogP contribution in [0.4, 0.5) is 4.39 Å². The molecule has 0 unspecified atom stereocenters. The molecule has 7 heteroatoms. The summed E-state index contributed by atoms with van der Waals surface area (Å²) < 4.78 is 13.9. The summed E-state index contributed by atoms with van der Waals surface area (Å²) in [7, 11) is 0. The Balaban J connectivity index is 2.07. The highest BCUT2D eigenvalue weighted by molar-refractivity contribution is 5.91. The average Bonchev–Trinajstić information content (AvgIpc) is 2.66. The van der Waals surface area contributed by atoms with E-state index in [1.807, 2.05) is 30.3 Å². The zero-order valence-electron chi connectivity index (χ0n) is 15.7. The summed E-state index contributed by atoms with van der Waals surface area (Å²) in [5, 5.41) is 5.08. The summed E-state index contributed by atoms with van der Waals surface area (Å²) in [6.45, 7) is 1.27. The first kappa shape index (κ1) is 21.1. The number of nitrogens with one attached hydrogen (secondary N) is 2. The van der Waals surface area contributed by atoms with Crippen molar-refractivity contribution in [3.05, 3.63) is 71.5 Å². The van der Waals surface area contributed by atoms with Gasteiger partial charge < -0.3 is 16.4 Å². The highest BCUT2D eigenvalue weighted by Gasteiger charge is 2.25. The molecule has 0 heterocycles. The van der Waals surface area contributed by atoms with Crippen LogP contribution in [-0.2, 0) is 27.2 Å². The molecule has 0 saturated heterocycles. The molecular formula is C21H24FN3O3. The Hall–Kier alpha value is -3.22. The maximum atomic E-state index is 13.9. The molecule has 0 aliphatic heterocycles. The molecule has 2 rings (SSSR count). The summed E-state index contributed by atoms with van der Waals surface area (Å²) in [5.74, 6) is -2.16. The van der Waals surface area contributed by atoms with Crippen molar-refractivity contribution in [3.63, 3.8) is 0 Å². The van der Waals surface area contributed by atoms with E-state index in [4.69, 9.17) is 5.73 Å². The third kappa shape index (κ3) is 6.50. The maximum Gasteiger partial charge on any atom is 0.243 e. The molecule has 0 radical (unpaired) electrons. The molecule has 4 N–H and O–H groups in total. The maximum absolute atomic E-state index is 13.9. The van der Waals surface area contributed by atoms with Crippen molar-refractivity contribution < 1.29 is 18.8 Å². The van der Waals surface area contributed by atoms with Crippen molar-refractivity contribution in [2.45, 2.75) is 38.3 Å². The van der Waals surface area contributed by atoms with Gasteiger partial charge >= 0.3 is 0 Å². The van der Waals surface area contributed by atoms with Gasteiger partial charge in [-0.15, -0.1) is 0 Å². The molecule has 0 saturated carbocycles. The number of aryl methyl sites for hydroxylation is 1. The predicted octanol–water partition coefficient (Wildman–Crippen LogP) is 1.48. The largest absolute Gasteiger partial charge is 0.368 e. The van der Waals surface area contributed by atoms with Crippen LogP contribution < -0.4 is 16.4 Å². The van der Waals surface area contributed by atoms with Gasteiger partial charge in [0.05, 0.1) is 0 Å². The fourth-order valence-corrected chi connectivity index (χ4v) is 2.85. The molecule has 148 valence electrons. The third-order valence-corrected chi connectivity index (χ3v) is 4.30. The second kappa shape index (κ2) is 10.2. The lowest BCUT2D eigenvalue weighted by molar-refractivity contribution is -0.130. The molecule has 28 heavy (non-hydrogen) atoms. The molecule has 0 fully saturated rings. The van der Waals surface area contributed by atoms with Gasteiger partial charge in [0.25, 0.3) is 0 Å². The topological polar surface area (TPSA) is 101 Å². The van der Waals surface area contributed by atoms with Gasteiger partial charge in [-0.05, 0) is 30.0 Å². The summed E-state index contributed by atoms with van der Waals surface area (Å²) in [4.78, 5) is 35.9. The van der Waals surface area contributed by atoms with Gasteiger partial charge in [0.2, 0.25) is 17.7 Å². The molecule has 0 aromatic heterocycles. The van der Waals surface area contributed by atoms with E-state index in [1.165, 1.54) is 13.0 Å². The van der Waals surface area contributed by atoms with E-state index >= 15 is 0 Å². The lowest BCUT2D eigenvalue weighted by atomic mass is 10.0. The number of hydrogen-bond acceptors (Lipinski definition) is 3. The van der Waals surface area contributed by atoms with Crippen LogP contribution in [0.2, 0.25) is 0 Å². The Labute approximate surface area is 163 Å². The second-order valence-electron chi connectivity index (χ2n) is 6.54. The molecule has 3 amide bonds. The van der Waals surface area contributed by atoms with Gasteiger partial charge in [0.1, 0.15) is 17.9 Å². The minimum Gasteiger partial charge on any atom is -0.368 e. The Bertz CT molecular complexity index is 827. The van der Waals surface area contributed by atoms with Crippen LogP contribution in [0, 0.1) is 5.82 Å². The van der Waals surface area contributed by atoms with Crippen LogP contribution in [0.3, 0.4) is 0 Å². The lowest BCUT2D eigenvalue weighted by Gasteiger charge is -2.22. The van der Waals surface area contributed by atoms with Crippen LogP contribution in [-0.4, -0.2) is 29.8 Å². The van der Waals surface area contributed by atoms with Crippen LogP contribution in [0.15, 0.2) is 54.6 Å².